The molecule has 1 aromatic carbocycles. The molecule has 0 atom stereocenters. The first kappa shape index (κ1) is 20.9. The second-order valence-corrected chi connectivity index (χ2v) is 7.70. The number of rotatable bonds is 7. The zero-order valence-corrected chi connectivity index (χ0v) is 16.9. The molecule has 30 heavy (non-hydrogen) atoms. The lowest BCUT2D eigenvalue weighted by molar-refractivity contribution is -0.384. The third-order valence-electron chi connectivity index (χ3n) is 3.78. The van der Waals surface area contributed by atoms with Crippen molar-refractivity contribution < 1.29 is 19.2 Å². The summed E-state index contributed by atoms with van der Waals surface area (Å²) in [7, 11) is 0. The summed E-state index contributed by atoms with van der Waals surface area (Å²) in [5, 5.41) is 26.1. The fourth-order valence-corrected chi connectivity index (χ4v) is 3.81. The summed E-state index contributed by atoms with van der Waals surface area (Å²) in [5.41, 5.74) is 0.0843. The summed E-state index contributed by atoms with van der Waals surface area (Å²) in [4.78, 5) is 36.5. The van der Waals surface area contributed by atoms with Crippen molar-refractivity contribution >= 4 is 57.6 Å². The lowest BCUT2D eigenvalue weighted by Gasteiger charge is -2.09. The van der Waals surface area contributed by atoms with Gasteiger partial charge in [-0.25, -0.2) is 4.79 Å². The van der Waals surface area contributed by atoms with E-state index in [0.29, 0.717) is 10.5 Å². The molecule has 0 fully saturated rings. The fraction of sp³-hybridized carbons (Fsp3) is 0.0500. The molecule has 0 saturated carbocycles. The van der Waals surface area contributed by atoms with Gasteiger partial charge in [0.25, 0.3) is 11.6 Å². The summed E-state index contributed by atoms with van der Waals surface area (Å²) in [5.74, 6) is -1.33. The predicted octanol–water partition coefficient (Wildman–Crippen LogP) is 4.31. The number of non-ortho nitro benzene ring substituents is 1. The fourth-order valence-electron chi connectivity index (χ4n) is 2.42. The second-order valence-electron chi connectivity index (χ2n) is 5.77. The number of carbonyl (C=O) groups is 2. The predicted molar refractivity (Wildman–Crippen MR) is 114 cm³/mol. The normalized spacial score (nSPS) is 10.8. The molecule has 0 aliphatic heterocycles. The summed E-state index contributed by atoms with van der Waals surface area (Å²) in [6, 6.07) is 12.6. The molecule has 2 heterocycles. The number of hydrogen-bond acceptors (Lipinski definition) is 8. The van der Waals surface area contributed by atoms with Crippen LogP contribution in [-0.2, 0) is 14.3 Å². The van der Waals surface area contributed by atoms with Crippen molar-refractivity contribution in [3.05, 3.63) is 78.7 Å². The molecule has 3 aromatic rings. The number of nitriles is 1. The molecule has 8 nitrogen and oxygen atoms in total. The Kier molecular flexibility index (Phi) is 6.69. The highest BCUT2D eigenvalue weighted by Crippen LogP contribution is 2.26. The van der Waals surface area contributed by atoms with Crippen LogP contribution in [0.2, 0.25) is 0 Å². The van der Waals surface area contributed by atoms with Crippen LogP contribution < -0.4 is 5.32 Å². The first-order chi connectivity index (χ1) is 14.5. The quantitative estimate of drug-likeness (QED) is 0.253. The van der Waals surface area contributed by atoms with Crippen LogP contribution in [0.1, 0.15) is 15.3 Å². The summed E-state index contributed by atoms with van der Waals surface area (Å²) in [6.45, 7) is -0.576. The molecule has 3 rings (SSSR count). The van der Waals surface area contributed by atoms with Crippen molar-refractivity contribution in [3.63, 3.8) is 0 Å². The number of thiophene rings is 2. The maximum Gasteiger partial charge on any atom is 0.340 e. The van der Waals surface area contributed by atoms with Crippen LogP contribution in [0.25, 0.3) is 11.6 Å². The number of amides is 1. The maximum atomic E-state index is 12.6. The highest BCUT2D eigenvalue weighted by Gasteiger charge is 2.18. The summed E-state index contributed by atoms with van der Waals surface area (Å²) < 4.78 is 5.15. The SMILES string of the molecule is N#Cc1cc([N+](=O)[O-])ccc1NC(=O)COC(=O)/C(=C/c1cccs1)c1cccs1. The van der Waals surface area contributed by atoms with E-state index >= 15 is 0 Å². The van der Waals surface area contributed by atoms with Gasteiger partial charge in [-0.05, 0) is 35.0 Å². The van der Waals surface area contributed by atoms with Crippen LogP contribution in [0.3, 0.4) is 0 Å². The number of benzene rings is 1. The maximum absolute atomic E-state index is 12.6. The van der Waals surface area contributed by atoms with Gasteiger partial charge in [0.05, 0.1) is 21.7 Å². The standard InChI is InChI=1S/C20H13N3O5S2/c21-11-13-9-14(23(26)27)5-6-17(13)22-19(24)12-28-20(25)16(18-4-2-8-30-18)10-15-3-1-7-29-15/h1-10H,12H2,(H,22,24)/b16-10+. The van der Waals surface area contributed by atoms with Gasteiger partial charge < -0.3 is 10.1 Å². The smallest absolute Gasteiger partial charge is 0.340 e. The first-order valence-electron chi connectivity index (χ1n) is 8.42. The lowest BCUT2D eigenvalue weighted by Crippen LogP contribution is -2.21. The van der Waals surface area contributed by atoms with E-state index in [-0.39, 0.29) is 16.9 Å². The Balaban J connectivity index is 1.68. The van der Waals surface area contributed by atoms with E-state index in [2.05, 4.69) is 5.32 Å². The summed E-state index contributed by atoms with van der Waals surface area (Å²) in [6.07, 6.45) is 1.70. The molecule has 150 valence electrons. The van der Waals surface area contributed by atoms with Crippen LogP contribution in [0.4, 0.5) is 11.4 Å². The van der Waals surface area contributed by atoms with Crippen molar-refractivity contribution in [1.29, 1.82) is 5.26 Å². The van der Waals surface area contributed by atoms with Gasteiger partial charge in [-0.1, -0.05) is 12.1 Å². The molecule has 1 N–H and O–H groups in total. The van der Waals surface area contributed by atoms with E-state index in [4.69, 9.17) is 10.00 Å². The highest BCUT2D eigenvalue weighted by molar-refractivity contribution is 7.12. The van der Waals surface area contributed by atoms with Gasteiger partial charge in [-0.3, -0.25) is 14.9 Å². The van der Waals surface area contributed by atoms with Crippen LogP contribution in [0.15, 0.2) is 53.2 Å². The van der Waals surface area contributed by atoms with Crippen molar-refractivity contribution in [3.8, 4) is 6.07 Å². The van der Waals surface area contributed by atoms with Gasteiger partial charge >= 0.3 is 5.97 Å². The molecular weight excluding hydrogens is 426 g/mol. The monoisotopic (exact) mass is 439 g/mol. The van der Waals surface area contributed by atoms with Crippen LogP contribution in [0.5, 0.6) is 0 Å². The van der Waals surface area contributed by atoms with Crippen LogP contribution in [0, 0.1) is 21.4 Å². The molecule has 0 spiro atoms. The Labute approximate surface area is 178 Å². The Bertz CT molecular complexity index is 1150. The highest BCUT2D eigenvalue weighted by atomic mass is 32.1. The molecule has 0 saturated heterocycles. The van der Waals surface area contributed by atoms with Gasteiger partial charge in [0.1, 0.15) is 6.07 Å². The molecule has 0 aliphatic rings. The molecule has 0 aliphatic carbocycles. The first-order valence-corrected chi connectivity index (χ1v) is 10.2. The molecule has 0 radical (unpaired) electrons. The molecule has 1 amide bonds. The minimum Gasteiger partial charge on any atom is -0.452 e. The number of nitro benzene ring substituents is 1. The van der Waals surface area contributed by atoms with Gasteiger partial charge in [0.15, 0.2) is 6.61 Å². The summed E-state index contributed by atoms with van der Waals surface area (Å²) >= 11 is 2.83. The third-order valence-corrected chi connectivity index (χ3v) is 5.50. The molecular formula is C20H13N3O5S2. The largest absolute Gasteiger partial charge is 0.452 e. The van der Waals surface area contributed by atoms with E-state index in [1.165, 1.54) is 34.8 Å². The Morgan fingerprint density at radius 3 is 2.60 bits per heavy atom. The molecule has 2 aromatic heterocycles. The van der Waals surface area contributed by atoms with Crippen molar-refractivity contribution in [2.24, 2.45) is 0 Å². The number of hydrogen-bond donors (Lipinski definition) is 1. The Morgan fingerprint density at radius 2 is 1.97 bits per heavy atom. The van der Waals surface area contributed by atoms with E-state index in [9.17, 15) is 19.7 Å². The average molecular weight is 439 g/mol. The van der Waals surface area contributed by atoms with Gasteiger partial charge in [-0.15, -0.1) is 22.7 Å². The lowest BCUT2D eigenvalue weighted by atomic mass is 10.1. The zero-order chi connectivity index (χ0) is 21.5. The van der Waals surface area contributed by atoms with Crippen LogP contribution >= 0.6 is 22.7 Å². The number of carbonyl (C=O) groups excluding carboxylic acids is 2. The number of ether oxygens (including phenoxy) is 1. The minimum atomic E-state index is -0.671. The number of esters is 1. The number of nitrogens with one attached hydrogen (secondary N) is 1. The topological polar surface area (TPSA) is 122 Å². The molecule has 0 bridgehead atoms. The second kappa shape index (κ2) is 9.60. The van der Waals surface area contributed by atoms with E-state index < -0.39 is 23.4 Å². The third kappa shape index (κ3) is 5.16. The van der Waals surface area contributed by atoms with E-state index in [1.807, 2.05) is 22.9 Å². The van der Waals surface area contributed by atoms with Gasteiger partial charge in [0, 0.05) is 21.9 Å². The molecule has 0 unspecified atom stereocenters. The Hall–Kier alpha value is -3.81. The van der Waals surface area contributed by atoms with Gasteiger partial charge in [-0.2, -0.15) is 5.26 Å². The zero-order valence-electron chi connectivity index (χ0n) is 15.2. The number of nitro groups is 1. The average Bonchev–Trinajstić information content (AvgIpc) is 3.44. The molecule has 10 heteroatoms. The van der Waals surface area contributed by atoms with Crippen LogP contribution in [-0.4, -0.2) is 23.4 Å². The number of anilines is 1. The van der Waals surface area contributed by atoms with Crippen molar-refractivity contribution in [2.45, 2.75) is 0 Å². The minimum absolute atomic E-state index is 0.0688. The number of nitrogens with zero attached hydrogens (tertiary/aromatic N) is 2. The van der Waals surface area contributed by atoms with Crippen molar-refractivity contribution in [2.75, 3.05) is 11.9 Å². The van der Waals surface area contributed by atoms with E-state index in [1.54, 1.807) is 24.3 Å². The van der Waals surface area contributed by atoms with Gasteiger partial charge in [0.2, 0.25) is 0 Å². The van der Waals surface area contributed by atoms with E-state index in [0.717, 1.165) is 10.9 Å². The Morgan fingerprint density at radius 1 is 1.20 bits per heavy atom. The van der Waals surface area contributed by atoms with Crippen molar-refractivity contribution in [1.82, 2.24) is 0 Å².